The number of carbonyl (C=O) groups is 1. The lowest BCUT2D eigenvalue weighted by molar-refractivity contribution is 0.00578. The summed E-state index contributed by atoms with van der Waals surface area (Å²) in [6.07, 6.45) is 1.62. The van der Waals surface area contributed by atoms with E-state index < -0.39 is 24.4 Å². The molecule has 2 aliphatic rings. The summed E-state index contributed by atoms with van der Waals surface area (Å²) < 4.78 is 18.5. The Labute approximate surface area is 232 Å². The Morgan fingerprint density at radius 2 is 1.44 bits per heavy atom. The van der Waals surface area contributed by atoms with E-state index in [1.165, 1.54) is 27.8 Å². The molecule has 1 saturated heterocycles. The van der Waals surface area contributed by atoms with E-state index in [4.69, 9.17) is 14.0 Å². The molecule has 0 saturated carbocycles. The number of rotatable bonds is 7. The third-order valence-electron chi connectivity index (χ3n) is 8.30. The molecule has 5 nitrogen and oxygen atoms in total. The van der Waals surface area contributed by atoms with Crippen LogP contribution in [0, 0.1) is 0 Å². The van der Waals surface area contributed by atoms with Crippen LogP contribution in [0.5, 0.6) is 0 Å². The Morgan fingerprint density at radius 1 is 0.897 bits per heavy atom. The van der Waals surface area contributed by atoms with Crippen LogP contribution in [0.4, 0.5) is 4.79 Å². The number of alkyl carbamates (subject to hydrolysis) is 1. The largest absolute Gasteiger partial charge is 0.492 e. The van der Waals surface area contributed by atoms with Crippen molar-refractivity contribution in [1.82, 2.24) is 5.32 Å². The number of nitrogens with one attached hydrogen (secondary N) is 1. The highest BCUT2D eigenvalue weighted by molar-refractivity contribution is 6.56. The van der Waals surface area contributed by atoms with Crippen LogP contribution in [0.3, 0.4) is 0 Å². The van der Waals surface area contributed by atoms with Gasteiger partial charge in [0.25, 0.3) is 0 Å². The Kier molecular flexibility index (Phi) is 7.45. The van der Waals surface area contributed by atoms with Gasteiger partial charge in [0.2, 0.25) is 0 Å². The van der Waals surface area contributed by atoms with Crippen LogP contribution in [0.25, 0.3) is 17.2 Å². The van der Waals surface area contributed by atoms with Gasteiger partial charge in [-0.2, -0.15) is 0 Å². The van der Waals surface area contributed by atoms with Gasteiger partial charge in [-0.25, -0.2) is 4.79 Å². The van der Waals surface area contributed by atoms with Crippen molar-refractivity contribution in [1.29, 1.82) is 0 Å². The number of fused-ring (bicyclic) bond motifs is 3. The van der Waals surface area contributed by atoms with Gasteiger partial charge in [-0.05, 0) is 72.5 Å². The quantitative estimate of drug-likeness (QED) is 0.329. The van der Waals surface area contributed by atoms with Crippen molar-refractivity contribution in [3.63, 3.8) is 0 Å². The van der Waals surface area contributed by atoms with Gasteiger partial charge >= 0.3 is 13.2 Å². The highest BCUT2D eigenvalue weighted by Gasteiger charge is 2.52. The summed E-state index contributed by atoms with van der Waals surface area (Å²) in [6.45, 7) is 13.0. The Hall–Kier alpha value is -3.35. The summed E-state index contributed by atoms with van der Waals surface area (Å²) >= 11 is 0. The number of carbonyl (C=O) groups excluding carboxylic acids is 1. The Balaban J connectivity index is 1.32. The second-order valence-corrected chi connectivity index (χ2v) is 11.8. The van der Waals surface area contributed by atoms with Crippen LogP contribution in [-0.2, 0) is 14.0 Å². The van der Waals surface area contributed by atoms with Gasteiger partial charge in [0.05, 0.1) is 11.2 Å². The van der Waals surface area contributed by atoms with Crippen LogP contribution in [0.1, 0.15) is 75.6 Å². The van der Waals surface area contributed by atoms with E-state index >= 15 is 0 Å². The third kappa shape index (κ3) is 5.41. The molecule has 3 aromatic rings. The molecule has 1 aliphatic heterocycles. The zero-order valence-corrected chi connectivity index (χ0v) is 23.8. The number of ether oxygens (including phenoxy) is 1. The minimum Gasteiger partial charge on any atom is -0.449 e. The van der Waals surface area contributed by atoms with Crippen molar-refractivity contribution in [2.24, 2.45) is 0 Å². The van der Waals surface area contributed by atoms with Crippen molar-refractivity contribution in [3.05, 3.63) is 101 Å². The molecule has 0 bridgehead atoms. The lowest BCUT2D eigenvalue weighted by Crippen LogP contribution is -2.41. The highest BCUT2D eigenvalue weighted by Crippen LogP contribution is 2.44. The first-order valence-corrected chi connectivity index (χ1v) is 13.8. The molecule has 39 heavy (non-hydrogen) atoms. The Bertz CT molecular complexity index is 1330. The summed E-state index contributed by atoms with van der Waals surface area (Å²) in [6, 6.07) is 25.0. The third-order valence-corrected chi connectivity index (χ3v) is 8.30. The van der Waals surface area contributed by atoms with Gasteiger partial charge in [0.1, 0.15) is 6.61 Å². The minimum absolute atomic E-state index is 0.0131. The summed E-state index contributed by atoms with van der Waals surface area (Å²) in [5.41, 5.74) is 6.98. The van der Waals surface area contributed by atoms with Crippen molar-refractivity contribution >= 4 is 19.3 Å². The monoisotopic (exact) mass is 523 g/mol. The molecule has 5 rings (SSSR count). The molecule has 1 aliphatic carbocycles. The van der Waals surface area contributed by atoms with Crippen molar-refractivity contribution in [2.45, 2.75) is 64.6 Å². The fourth-order valence-corrected chi connectivity index (χ4v) is 5.39. The van der Waals surface area contributed by atoms with Gasteiger partial charge in [0.15, 0.2) is 0 Å². The topological polar surface area (TPSA) is 56.8 Å². The molecule has 0 radical (unpaired) electrons. The molecule has 202 valence electrons. The molecule has 3 aromatic carbocycles. The van der Waals surface area contributed by atoms with Gasteiger partial charge in [0, 0.05) is 12.5 Å². The molecular formula is C33H38BNO4. The Morgan fingerprint density at radius 3 is 2.03 bits per heavy atom. The molecule has 1 amide bonds. The fourth-order valence-electron chi connectivity index (χ4n) is 5.39. The van der Waals surface area contributed by atoms with Crippen LogP contribution < -0.4 is 5.32 Å². The molecule has 1 fully saturated rings. The van der Waals surface area contributed by atoms with E-state index in [9.17, 15) is 4.79 Å². The minimum atomic E-state index is -0.580. The van der Waals surface area contributed by atoms with E-state index in [1.54, 1.807) is 0 Å². The molecule has 0 unspecified atom stereocenters. The smallest absolute Gasteiger partial charge is 0.449 e. The SMILES string of the molecule is CC(C)c1ccccc1C=C(CNC(=O)OCC1c2ccccc2-c2ccccc21)B1OC(C)(C)C(C)(C)O1. The van der Waals surface area contributed by atoms with Gasteiger partial charge in [-0.3, -0.25) is 0 Å². The predicted molar refractivity (Wildman–Crippen MR) is 158 cm³/mol. The summed E-state index contributed by atoms with van der Waals surface area (Å²) in [5.74, 6) is 0.367. The van der Waals surface area contributed by atoms with E-state index in [0.29, 0.717) is 5.92 Å². The van der Waals surface area contributed by atoms with E-state index in [1.807, 2.05) is 58.0 Å². The number of amides is 1. The molecule has 1 N–H and O–H groups in total. The molecule has 0 atom stereocenters. The normalized spacial score (nSPS) is 17.7. The average Bonchev–Trinajstić information content (AvgIpc) is 3.34. The number of benzene rings is 3. The predicted octanol–water partition coefficient (Wildman–Crippen LogP) is 7.36. The van der Waals surface area contributed by atoms with Crippen molar-refractivity contribution < 1.29 is 18.8 Å². The second kappa shape index (κ2) is 10.7. The van der Waals surface area contributed by atoms with Crippen LogP contribution in [-0.4, -0.2) is 37.6 Å². The maximum Gasteiger partial charge on any atom is 0.492 e. The van der Waals surface area contributed by atoms with Gasteiger partial charge < -0.3 is 19.4 Å². The summed E-state index contributed by atoms with van der Waals surface area (Å²) in [7, 11) is -0.580. The summed E-state index contributed by atoms with van der Waals surface area (Å²) in [5, 5.41) is 2.97. The maximum absolute atomic E-state index is 13.0. The first kappa shape index (κ1) is 27.2. The standard InChI is InChI=1S/C33H38BNO4/c1-22(2)25-14-8-7-13-23(25)19-24(34-38-32(3,4)33(5,6)39-34)20-35-31(36)37-21-30-28-17-11-9-15-26(28)27-16-10-12-18-29(27)30/h7-19,22,30H,20-21H2,1-6H3,(H,35,36). The van der Waals surface area contributed by atoms with Crippen molar-refractivity contribution in [3.8, 4) is 11.1 Å². The molecule has 1 heterocycles. The number of hydrogen-bond donors (Lipinski definition) is 1. The van der Waals surface area contributed by atoms with Gasteiger partial charge in [-0.1, -0.05) is 92.7 Å². The average molecular weight is 523 g/mol. The molecule has 0 aromatic heterocycles. The van der Waals surface area contributed by atoms with Crippen LogP contribution in [0.2, 0.25) is 0 Å². The van der Waals surface area contributed by atoms with E-state index in [0.717, 1.165) is 11.0 Å². The van der Waals surface area contributed by atoms with Gasteiger partial charge in [-0.15, -0.1) is 0 Å². The highest BCUT2D eigenvalue weighted by atomic mass is 16.7. The zero-order valence-electron chi connectivity index (χ0n) is 23.8. The maximum atomic E-state index is 13.0. The molecule has 0 spiro atoms. The second-order valence-electron chi connectivity index (χ2n) is 11.8. The van der Waals surface area contributed by atoms with E-state index in [-0.39, 0.29) is 19.1 Å². The van der Waals surface area contributed by atoms with Crippen LogP contribution >= 0.6 is 0 Å². The first-order chi connectivity index (χ1) is 18.6. The van der Waals surface area contributed by atoms with E-state index in [2.05, 4.69) is 67.7 Å². The van der Waals surface area contributed by atoms with Crippen LogP contribution in [0.15, 0.2) is 78.3 Å². The fraction of sp³-hybridized carbons (Fsp3) is 0.364. The zero-order chi connectivity index (χ0) is 27.8. The molecular weight excluding hydrogens is 485 g/mol. The lowest BCUT2D eigenvalue weighted by Gasteiger charge is -2.32. The first-order valence-electron chi connectivity index (χ1n) is 13.8. The lowest BCUT2D eigenvalue weighted by atomic mass is 9.76. The number of hydrogen-bond acceptors (Lipinski definition) is 4. The van der Waals surface area contributed by atoms with Crippen molar-refractivity contribution in [2.75, 3.05) is 13.2 Å². The molecule has 6 heteroatoms. The summed E-state index contributed by atoms with van der Waals surface area (Å²) in [4.78, 5) is 13.0.